The van der Waals surface area contributed by atoms with Gasteiger partial charge in [0, 0.05) is 18.5 Å². The van der Waals surface area contributed by atoms with Crippen molar-refractivity contribution in [1.82, 2.24) is 14.8 Å². The van der Waals surface area contributed by atoms with Crippen LogP contribution in [-0.4, -0.2) is 26.3 Å². The number of anilines is 1. The molecule has 116 valence electrons. The molecular formula is C15H16N8. The fourth-order valence-corrected chi connectivity index (χ4v) is 2.52. The number of hydrazone groups is 1. The van der Waals surface area contributed by atoms with Crippen molar-refractivity contribution in [1.29, 1.82) is 10.7 Å². The van der Waals surface area contributed by atoms with Crippen LogP contribution in [0.1, 0.15) is 18.7 Å². The van der Waals surface area contributed by atoms with Crippen LogP contribution < -0.4 is 11.2 Å². The second-order valence-corrected chi connectivity index (χ2v) is 5.23. The van der Waals surface area contributed by atoms with Gasteiger partial charge in [-0.25, -0.2) is 0 Å². The minimum absolute atomic E-state index is 0.157. The molecule has 3 rings (SSSR count). The lowest BCUT2D eigenvalue weighted by Crippen LogP contribution is -2.21. The first-order valence-corrected chi connectivity index (χ1v) is 7.30. The van der Waals surface area contributed by atoms with E-state index >= 15 is 0 Å². The van der Waals surface area contributed by atoms with Gasteiger partial charge in [-0.3, -0.25) is 10.8 Å². The van der Waals surface area contributed by atoms with Gasteiger partial charge in [0.25, 0.3) is 0 Å². The minimum Gasteiger partial charge on any atom is -0.382 e. The molecule has 8 nitrogen and oxygen atoms in total. The molecule has 0 amide bonds. The van der Waals surface area contributed by atoms with Gasteiger partial charge < -0.3 is 10.3 Å². The topological polar surface area (TPSA) is 129 Å². The quantitative estimate of drug-likeness (QED) is 0.448. The molecule has 0 radical (unpaired) electrons. The standard InChI is InChI=1S/C15H16N8/c16-9-12(14(17)18)20-19-11-5-3-4-10(8-11)15-22-21-13-6-1-2-7-23(13)15/h3-5,8,19H,1-2,6-7H2,(H3,17,18)/b20-12+. The van der Waals surface area contributed by atoms with Crippen LogP contribution in [0, 0.1) is 16.7 Å². The summed E-state index contributed by atoms with van der Waals surface area (Å²) >= 11 is 0. The number of nitriles is 1. The van der Waals surface area contributed by atoms with Crippen molar-refractivity contribution in [3.8, 4) is 17.5 Å². The zero-order valence-electron chi connectivity index (χ0n) is 12.5. The highest BCUT2D eigenvalue weighted by Gasteiger charge is 2.16. The zero-order valence-corrected chi connectivity index (χ0v) is 12.5. The monoisotopic (exact) mass is 308 g/mol. The molecule has 0 saturated carbocycles. The third-order valence-electron chi connectivity index (χ3n) is 3.64. The van der Waals surface area contributed by atoms with Crippen LogP contribution in [0.15, 0.2) is 29.4 Å². The fourth-order valence-electron chi connectivity index (χ4n) is 2.52. The number of nitrogens with one attached hydrogen (secondary N) is 2. The van der Waals surface area contributed by atoms with Gasteiger partial charge in [-0.1, -0.05) is 12.1 Å². The third kappa shape index (κ3) is 3.03. The second kappa shape index (κ2) is 6.27. The maximum absolute atomic E-state index is 8.85. The lowest BCUT2D eigenvalue weighted by atomic mass is 10.1. The Morgan fingerprint density at radius 2 is 2.26 bits per heavy atom. The minimum atomic E-state index is -0.373. The summed E-state index contributed by atoms with van der Waals surface area (Å²) < 4.78 is 2.14. The molecule has 1 aliphatic rings. The number of aryl methyl sites for hydroxylation is 1. The van der Waals surface area contributed by atoms with Crippen LogP contribution >= 0.6 is 0 Å². The number of aromatic nitrogens is 3. The Bertz CT molecular complexity index is 811. The summed E-state index contributed by atoms with van der Waals surface area (Å²) in [6.07, 6.45) is 3.24. The Hall–Kier alpha value is -3.21. The smallest absolute Gasteiger partial charge is 0.201 e. The number of hydrogen-bond donors (Lipinski definition) is 3. The molecule has 1 aromatic carbocycles. The Labute approximate surface area is 133 Å². The average molecular weight is 308 g/mol. The molecule has 2 aromatic rings. The largest absolute Gasteiger partial charge is 0.382 e. The molecule has 2 heterocycles. The number of amidine groups is 1. The number of nitrogens with two attached hydrogens (primary N) is 1. The second-order valence-electron chi connectivity index (χ2n) is 5.23. The fraction of sp³-hybridized carbons (Fsp3) is 0.267. The van der Waals surface area contributed by atoms with Gasteiger partial charge in [0.1, 0.15) is 11.9 Å². The summed E-state index contributed by atoms with van der Waals surface area (Å²) in [7, 11) is 0. The van der Waals surface area contributed by atoms with Crippen LogP contribution in [0.25, 0.3) is 11.4 Å². The van der Waals surface area contributed by atoms with Crippen molar-refractivity contribution in [3.05, 3.63) is 30.1 Å². The Balaban J connectivity index is 1.88. The molecule has 8 heteroatoms. The van der Waals surface area contributed by atoms with Crippen LogP contribution in [0.4, 0.5) is 5.69 Å². The van der Waals surface area contributed by atoms with E-state index in [-0.39, 0.29) is 11.5 Å². The van der Waals surface area contributed by atoms with Crippen molar-refractivity contribution < 1.29 is 0 Å². The Morgan fingerprint density at radius 3 is 3.04 bits per heavy atom. The summed E-state index contributed by atoms with van der Waals surface area (Å²) in [4.78, 5) is 0. The number of rotatable bonds is 4. The first kappa shape index (κ1) is 14.7. The van der Waals surface area contributed by atoms with Gasteiger partial charge >= 0.3 is 0 Å². The van der Waals surface area contributed by atoms with Crippen molar-refractivity contribution in [2.75, 3.05) is 5.43 Å². The van der Waals surface area contributed by atoms with Crippen LogP contribution in [0.3, 0.4) is 0 Å². The molecule has 0 unspecified atom stereocenters. The molecule has 4 N–H and O–H groups in total. The highest BCUT2D eigenvalue weighted by molar-refractivity contribution is 6.45. The summed E-state index contributed by atoms with van der Waals surface area (Å²) in [5.74, 6) is 1.48. The van der Waals surface area contributed by atoms with Gasteiger partial charge in [0.05, 0.1) is 5.69 Å². The van der Waals surface area contributed by atoms with Crippen molar-refractivity contribution in [2.45, 2.75) is 25.8 Å². The van der Waals surface area contributed by atoms with Crippen LogP contribution in [0.2, 0.25) is 0 Å². The number of hydrogen-bond acceptors (Lipinski definition) is 6. The maximum atomic E-state index is 8.85. The first-order chi connectivity index (χ1) is 11.2. The molecule has 23 heavy (non-hydrogen) atoms. The van der Waals surface area contributed by atoms with E-state index in [9.17, 15) is 0 Å². The van der Waals surface area contributed by atoms with E-state index in [1.54, 1.807) is 6.07 Å². The molecule has 0 bridgehead atoms. The maximum Gasteiger partial charge on any atom is 0.201 e. The lowest BCUT2D eigenvalue weighted by Gasteiger charge is -2.14. The number of fused-ring (bicyclic) bond motifs is 1. The van der Waals surface area contributed by atoms with E-state index in [4.69, 9.17) is 16.4 Å². The SMILES string of the molecule is N#C/C(=N\Nc1cccc(-c2nnc3n2CCCC3)c1)C(=N)N. The van der Waals surface area contributed by atoms with E-state index in [0.29, 0.717) is 5.69 Å². The van der Waals surface area contributed by atoms with E-state index in [0.717, 1.165) is 43.0 Å². The predicted octanol–water partition coefficient (Wildman–Crippen LogP) is 1.51. The lowest BCUT2D eigenvalue weighted by molar-refractivity contribution is 0.526. The predicted molar refractivity (Wildman–Crippen MR) is 87.0 cm³/mol. The van der Waals surface area contributed by atoms with Crippen molar-refractivity contribution in [3.63, 3.8) is 0 Å². The summed E-state index contributed by atoms with van der Waals surface area (Å²) in [5.41, 5.74) is 9.46. The van der Waals surface area contributed by atoms with Gasteiger partial charge in [-0.2, -0.15) is 10.4 Å². The van der Waals surface area contributed by atoms with E-state index in [2.05, 4.69) is 25.3 Å². The molecule has 0 fully saturated rings. The molecular weight excluding hydrogens is 292 g/mol. The highest BCUT2D eigenvalue weighted by atomic mass is 15.3. The summed E-state index contributed by atoms with van der Waals surface area (Å²) in [6, 6.07) is 9.29. The van der Waals surface area contributed by atoms with E-state index in [1.807, 2.05) is 24.3 Å². The normalized spacial score (nSPS) is 14.0. The van der Waals surface area contributed by atoms with Gasteiger partial charge in [0.15, 0.2) is 11.7 Å². The summed E-state index contributed by atoms with van der Waals surface area (Å²) in [5, 5.41) is 28.5. The Morgan fingerprint density at radius 1 is 1.39 bits per heavy atom. The van der Waals surface area contributed by atoms with Gasteiger partial charge in [-0.05, 0) is 25.0 Å². The summed E-state index contributed by atoms with van der Waals surface area (Å²) in [6.45, 7) is 0.927. The van der Waals surface area contributed by atoms with Gasteiger partial charge in [0.2, 0.25) is 5.71 Å². The van der Waals surface area contributed by atoms with Crippen molar-refractivity contribution >= 4 is 17.2 Å². The highest BCUT2D eigenvalue weighted by Crippen LogP contribution is 2.25. The molecule has 1 aromatic heterocycles. The zero-order chi connectivity index (χ0) is 16.2. The molecule has 0 saturated heterocycles. The van der Waals surface area contributed by atoms with Crippen LogP contribution in [-0.2, 0) is 13.0 Å². The Kier molecular flexibility index (Phi) is 4.01. The number of nitrogens with zero attached hydrogens (tertiary/aromatic N) is 5. The first-order valence-electron chi connectivity index (χ1n) is 7.30. The molecule has 0 spiro atoms. The van der Waals surface area contributed by atoms with Crippen molar-refractivity contribution in [2.24, 2.45) is 10.8 Å². The van der Waals surface area contributed by atoms with Crippen LogP contribution in [0.5, 0.6) is 0 Å². The van der Waals surface area contributed by atoms with Gasteiger partial charge in [-0.15, -0.1) is 10.2 Å². The van der Waals surface area contributed by atoms with E-state index in [1.165, 1.54) is 0 Å². The third-order valence-corrected chi connectivity index (χ3v) is 3.64. The molecule has 1 aliphatic heterocycles. The number of benzene rings is 1. The molecule has 0 atom stereocenters. The average Bonchev–Trinajstić information content (AvgIpc) is 2.99. The van der Waals surface area contributed by atoms with E-state index < -0.39 is 0 Å². The molecule has 0 aliphatic carbocycles.